The summed E-state index contributed by atoms with van der Waals surface area (Å²) in [5.41, 5.74) is 3.09. The monoisotopic (exact) mass is 314 g/mol. The number of hydrogen-bond donors (Lipinski definition) is 2. The van der Waals surface area contributed by atoms with Crippen LogP contribution >= 0.6 is 0 Å². The summed E-state index contributed by atoms with van der Waals surface area (Å²) in [4.78, 5) is 0. The first-order valence-corrected chi connectivity index (χ1v) is 9.35. The smallest absolute Gasteiger partial charge is 0.101 e. The average molecular weight is 314 g/mol. The van der Waals surface area contributed by atoms with Crippen LogP contribution in [-0.4, -0.2) is 16.3 Å². The van der Waals surface area contributed by atoms with Gasteiger partial charge in [-0.25, -0.2) is 0 Å². The highest BCUT2D eigenvalue weighted by molar-refractivity contribution is 5.36. The Morgan fingerprint density at radius 1 is 1.22 bits per heavy atom. The third-order valence-corrected chi connectivity index (χ3v) is 7.99. The molecule has 0 spiro atoms. The van der Waals surface area contributed by atoms with E-state index in [0.29, 0.717) is 29.4 Å². The van der Waals surface area contributed by atoms with E-state index in [1.165, 1.54) is 31.3 Å². The van der Waals surface area contributed by atoms with Crippen LogP contribution in [0.3, 0.4) is 0 Å². The standard InChI is InChI=1S/C21H30O2/c1-4-13-6-8-17-16-7-5-14-11-15(22)12-19(23)21(14,3)18(16)9-10-20(13,17)2/h4-5,12,15-18,22-23H,6-11H2,1-3H3/b13-4-/t15-,16+,17+,18+,20-,21+/m1/s1. The summed E-state index contributed by atoms with van der Waals surface area (Å²) >= 11 is 0. The molecule has 0 aromatic heterocycles. The lowest BCUT2D eigenvalue weighted by Gasteiger charge is -2.56. The van der Waals surface area contributed by atoms with Crippen LogP contribution in [0, 0.1) is 28.6 Å². The molecule has 126 valence electrons. The predicted molar refractivity (Wildman–Crippen MR) is 92.9 cm³/mol. The van der Waals surface area contributed by atoms with Crippen molar-refractivity contribution in [3.63, 3.8) is 0 Å². The van der Waals surface area contributed by atoms with E-state index in [9.17, 15) is 10.2 Å². The second-order valence-corrected chi connectivity index (χ2v) is 8.68. The van der Waals surface area contributed by atoms with Gasteiger partial charge in [0.25, 0.3) is 0 Å². The summed E-state index contributed by atoms with van der Waals surface area (Å²) in [5.74, 6) is 2.37. The van der Waals surface area contributed by atoms with Gasteiger partial charge in [0.05, 0.1) is 6.10 Å². The van der Waals surface area contributed by atoms with Crippen molar-refractivity contribution in [2.75, 3.05) is 0 Å². The zero-order chi connectivity index (χ0) is 16.4. The van der Waals surface area contributed by atoms with Gasteiger partial charge in [-0.3, -0.25) is 0 Å². The predicted octanol–water partition coefficient (Wildman–Crippen LogP) is 4.92. The molecule has 0 unspecified atom stereocenters. The van der Waals surface area contributed by atoms with Crippen LogP contribution in [0.1, 0.15) is 59.3 Å². The lowest BCUT2D eigenvalue weighted by molar-refractivity contribution is -0.0119. The largest absolute Gasteiger partial charge is 0.512 e. The Morgan fingerprint density at radius 2 is 2.00 bits per heavy atom. The van der Waals surface area contributed by atoms with Crippen molar-refractivity contribution in [3.8, 4) is 0 Å². The summed E-state index contributed by atoms with van der Waals surface area (Å²) in [7, 11) is 0. The van der Waals surface area contributed by atoms with Gasteiger partial charge < -0.3 is 10.2 Å². The van der Waals surface area contributed by atoms with Crippen LogP contribution in [0.4, 0.5) is 0 Å². The zero-order valence-corrected chi connectivity index (χ0v) is 14.7. The van der Waals surface area contributed by atoms with Gasteiger partial charge in [0.2, 0.25) is 0 Å². The summed E-state index contributed by atoms with van der Waals surface area (Å²) < 4.78 is 0. The molecule has 2 fully saturated rings. The maximum absolute atomic E-state index is 10.7. The van der Waals surface area contributed by atoms with Gasteiger partial charge in [-0.1, -0.05) is 30.2 Å². The zero-order valence-electron chi connectivity index (χ0n) is 14.7. The van der Waals surface area contributed by atoms with Crippen LogP contribution in [0.15, 0.2) is 35.1 Å². The second kappa shape index (κ2) is 4.99. The molecule has 4 aliphatic carbocycles. The molecule has 0 heterocycles. The summed E-state index contributed by atoms with van der Waals surface area (Å²) in [6.45, 7) is 6.91. The van der Waals surface area contributed by atoms with Crippen LogP contribution in [0.5, 0.6) is 0 Å². The number of fused-ring (bicyclic) bond motifs is 5. The molecule has 6 atom stereocenters. The Balaban J connectivity index is 1.75. The van der Waals surface area contributed by atoms with Crippen molar-refractivity contribution < 1.29 is 10.2 Å². The van der Waals surface area contributed by atoms with Crippen molar-refractivity contribution in [2.45, 2.75) is 65.4 Å². The minimum Gasteiger partial charge on any atom is -0.512 e. The quantitative estimate of drug-likeness (QED) is 0.623. The van der Waals surface area contributed by atoms with Gasteiger partial charge in [-0.2, -0.15) is 0 Å². The average Bonchev–Trinajstić information content (AvgIpc) is 2.85. The summed E-state index contributed by atoms with van der Waals surface area (Å²) in [6.07, 6.45) is 12.7. The van der Waals surface area contributed by atoms with E-state index < -0.39 is 6.10 Å². The fourth-order valence-corrected chi connectivity index (χ4v) is 6.67. The molecule has 0 aromatic rings. The molecule has 4 rings (SSSR count). The Morgan fingerprint density at radius 3 is 2.74 bits per heavy atom. The van der Waals surface area contributed by atoms with Crippen LogP contribution in [0.25, 0.3) is 0 Å². The topological polar surface area (TPSA) is 40.5 Å². The number of aliphatic hydroxyl groups is 2. The van der Waals surface area contributed by atoms with Crippen LogP contribution in [-0.2, 0) is 0 Å². The molecular weight excluding hydrogens is 284 g/mol. The van der Waals surface area contributed by atoms with Gasteiger partial charge in [0.1, 0.15) is 5.76 Å². The maximum Gasteiger partial charge on any atom is 0.101 e. The molecule has 23 heavy (non-hydrogen) atoms. The molecule has 4 aliphatic rings. The van der Waals surface area contributed by atoms with E-state index in [1.54, 1.807) is 11.6 Å². The van der Waals surface area contributed by atoms with Crippen LogP contribution in [0.2, 0.25) is 0 Å². The summed E-state index contributed by atoms with van der Waals surface area (Å²) in [5, 5.41) is 20.7. The molecular formula is C21H30O2. The number of allylic oxidation sites excluding steroid dienone is 4. The molecule has 0 aliphatic heterocycles. The van der Waals surface area contributed by atoms with E-state index in [-0.39, 0.29) is 5.41 Å². The molecule has 0 radical (unpaired) electrons. The van der Waals surface area contributed by atoms with Crippen molar-refractivity contribution in [1.82, 2.24) is 0 Å². The fourth-order valence-electron chi connectivity index (χ4n) is 6.67. The van der Waals surface area contributed by atoms with Crippen molar-refractivity contribution >= 4 is 0 Å². The third-order valence-electron chi connectivity index (χ3n) is 7.99. The van der Waals surface area contributed by atoms with E-state index in [2.05, 4.69) is 32.9 Å². The summed E-state index contributed by atoms with van der Waals surface area (Å²) in [6, 6.07) is 0. The number of aliphatic hydroxyl groups excluding tert-OH is 2. The highest BCUT2D eigenvalue weighted by Crippen LogP contribution is 2.66. The van der Waals surface area contributed by atoms with Gasteiger partial charge in [0, 0.05) is 5.41 Å². The lowest BCUT2D eigenvalue weighted by Crippen LogP contribution is -2.49. The second-order valence-electron chi connectivity index (χ2n) is 8.68. The SMILES string of the molecule is C/C=C1/CC[C@H]2[C@@H]3CC=C4C[C@@H](O)C=C(O)[C@]4(C)[C@H]3CC[C@]12C. The molecule has 2 N–H and O–H groups in total. The molecule has 0 aromatic carbocycles. The number of rotatable bonds is 0. The molecule has 0 saturated heterocycles. The first-order valence-electron chi connectivity index (χ1n) is 9.35. The van der Waals surface area contributed by atoms with E-state index >= 15 is 0 Å². The van der Waals surface area contributed by atoms with E-state index in [4.69, 9.17) is 0 Å². The fraction of sp³-hybridized carbons (Fsp3) is 0.714. The van der Waals surface area contributed by atoms with Gasteiger partial charge in [-0.15, -0.1) is 0 Å². The van der Waals surface area contributed by atoms with E-state index in [0.717, 1.165) is 12.3 Å². The molecule has 2 saturated carbocycles. The lowest BCUT2D eigenvalue weighted by atomic mass is 9.48. The normalized spacial score (nSPS) is 50.7. The first-order chi connectivity index (χ1) is 10.9. The van der Waals surface area contributed by atoms with Gasteiger partial charge in [0.15, 0.2) is 0 Å². The Bertz CT molecular complexity index is 613. The van der Waals surface area contributed by atoms with Crippen LogP contribution < -0.4 is 0 Å². The maximum atomic E-state index is 10.7. The van der Waals surface area contributed by atoms with Crippen molar-refractivity contribution in [2.24, 2.45) is 28.6 Å². The first kappa shape index (κ1) is 15.5. The van der Waals surface area contributed by atoms with Crippen molar-refractivity contribution in [3.05, 3.63) is 35.1 Å². The van der Waals surface area contributed by atoms with Gasteiger partial charge in [-0.05, 0) is 81.6 Å². The highest BCUT2D eigenvalue weighted by Gasteiger charge is 2.58. The minimum atomic E-state index is -0.513. The number of hydrogen-bond acceptors (Lipinski definition) is 2. The van der Waals surface area contributed by atoms with Gasteiger partial charge >= 0.3 is 0 Å². The minimum absolute atomic E-state index is 0.234. The molecule has 2 nitrogen and oxygen atoms in total. The molecule has 0 bridgehead atoms. The molecule has 2 heteroatoms. The Labute approximate surface area is 140 Å². The highest BCUT2D eigenvalue weighted by atomic mass is 16.3. The molecule has 0 amide bonds. The Kier molecular flexibility index (Phi) is 3.36. The third kappa shape index (κ3) is 1.91. The van der Waals surface area contributed by atoms with Crippen molar-refractivity contribution in [1.29, 1.82) is 0 Å². The Hall–Kier alpha value is -1.02. The van der Waals surface area contributed by atoms with E-state index in [1.807, 2.05) is 0 Å².